The molecule has 0 aliphatic carbocycles. The highest BCUT2D eigenvalue weighted by atomic mass is 15.3. The first-order valence-electron chi connectivity index (χ1n) is 13.5. The lowest BCUT2D eigenvalue weighted by molar-refractivity contribution is 0.155. The molecule has 0 unspecified atom stereocenters. The summed E-state index contributed by atoms with van der Waals surface area (Å²) in [5.74, 6) is 0. The Morgan fingerprint density at radius 2 is 0.778 bits per heavy atom. The highest BCUT2D eigenvalue weighted by molar-refractivity contribution is 5.04. The van der Waals surface area contributed by atoms with E-state index in [2.05, 4.69) is 91.8 Å². The summed E-state index contributed by atoms with van der Waals surface area (Å²) >= 11 is 0. The minimum atomic E-state index is 0.903. The third-order valence-corrected chi connectivity index (χ3v) is 7.14. The van der Waals surface area contributed by atoms with Crippen LogP contribution >= 0.6 is 0 Å². The Balaban J connectivity index is 1.63. The fraction of sp³-hybridized carbons (Fsp3) is 0.643. The van der Waals surface area contributed by atoms with Crippen LogP contribution in [0, 0.1) is 0 Å². The van der Waals surface area contributed by atoms with Crippen molar-refractivity contribution in [1.29, 1.82) is 0 Å². The molecule has 1 aliphatic heterocycles. The maximum absolute atomic E-state index is 4.58. The normalized spacial score (nSPS) is 21.2. The Morgan fingerprint density at radius 3 is 1.06 bits per heavy atom. The molecule has 0 aromatic carbocycles. The third kappa shape index (κ3) is 11.4. The Kier molecular flexibility index (Phi) is 12.7. The molecule has 2 aromatic heterocycles. The number of pyridine rings is 2. The van der Waals surface area contributed by atoms with Gasteiger partial charge < -0.3 is 19.6 Å². The first-order valence-corrected chi connectivity index (χ1v) is 13.5. The van der Waals surface area contributed by atoms with Crippen molar-refractivity contribution in [2.75, 3.05) is 107 Å². The standard InChI is InChI=1S/C28H48N8/c1-31-13-15-32(2)17-21-35(25-27-9-5-7-11-29-27)23-19-34(4)20-24-36(22-18-33(3)16-14-31)26-28-10-6-8-12-30-28/h5-12H,13-26H2,1-4H3. The summed E-state index contributed by atoms with van der Waals surface area (Å²) in [5, 5.41) is 0. The lowest BCUT2D eigenvalue weighted by atomic mass is 10.3. The van der Waals surface area contributed by atoms with E-state index in [0.717, 1.165) is 103 Å². The molecular formula is C28H48N8. The average molecular weight is 497 g/mol. The van der Waals surface area contributed by atoms with Gasteiger partial charge in [0.05, 0.1) is 11.4 Å². The fourth-order valence-corrected chi connectivity index (χ4v) is 4.36. The van der Waals surface area contributed by atoms with Gasteiger partial charge >= 0.3 is 0 Å². The van der Waals surface area contributed by atoms with E-state index in [1.165, 1.54) is 0 Å². The molecule has 0 bridgehead atoms. The zero-order chi connectivity index (χ0) is 25.6. The molecule has 3 heterocycles. The lowest BCUT2D eigenvalue weighted by Crippen LogP contribution is -2.43. The van der Waals surface area contributed by atoms with Gasteiger partial charge in [-0.25, -0.2) is 0 Å². The Morgan fingerprint density at radius 1 is 0.472 bits per heavy atom. The Hall–Kier alpha value is -1.94. The zero-order valence-electron chi connectivity index (χ0n) is 23.1. The number of hydrogen-bond donors (Lipinski definition) is 0. The zero-order valence-corrected chi connectivity index (χ0v) is 23.1. The molecular weight excluding hydrogens is 448 g/mol. The largest absolute Gasteiger partial charge is 0.304 e. The van der Waals surface area contributed by atoms with Gasteiger partial charge in [-0.3, -0.25) is 19.8 Å². The molecule has 0 amide bonds. The van der Waals surface area contributed by atoms with Crippen molar-refractivity contribution in [2.24, 2.45) is 0 Å². The molecule has 1 fully saturated rings. The summed E-state index contributed by atoms with van der Waals surface area (Å²) in [6.07, 6.45) is 3.80. The van der Waals surface area contributed by atoms with Gasteiger partial charge in [0.2, 0.25) is 0 Å². The van der Waals surface area contributed by atoms with Gasteiger partial charge in [-0.05, 0) is 52.5 Å². The Labute approximate surface area is 219 Å². The molecule has 1 saturated heterocycles. The Bertz CT molecular complexity index is 753. The highest BCUT2D eigenvalue weighted by Crippen LogP contribution is 2.05. The van der Waals surface area contributed by atoms with Gasteiger partial charge in [0.25, 0.3) is 0 Å². The van der Waals surface area contributed by atoms with Crippen LogP contribution in [0.1, 0.15) is 11.4 Å². The number of rotatable bonds is 4. The van der Waals surface area contributed by atoms with Crippen molar-refractivity contribution in [1.82, 2.24) is 39.4 Å². The van der Waals surface area contributed by atoms with Crippen LogP contribution in [0.3, 0.4) is 0 Å². The van der Waals surface area contributed by atoms with E-state index in [9.17, 15) is 0 Å². The van der Waals surface area contributed by atoms with Crippen molar-refractivity contribution < 1.29 is 0 Å². The molecule has 8 heteroatoms. The molecule has 8 nitrogen and oxygen atoms in total. The number of likely N-dealkylation sites (N-methyl/N-ethyl adjacent to an activating group) is 4. The van der Waals surface area contributed by atoms with Gasteiger partial charge in [0.1, 0.15) is 0 Å². The smallest absolute Gasteiger partial charge is 0.0543 e. The summed E-state index contributed by atoms with van der Waals surface area (Å²) in [6, 6.07) is 12.4. The summed E-state index contributed by atoms with van der Waals surface area (Å²) in [5.41, 5.74) is 2.30. The van der Waals surface area contributed by atoms with Crippen molar-refractivity contribution in [3.8, 4) is 0 Å². The minimum Gasteiger partial charge on any atom is -0.304 e. The van der Waals surface area contributed by atoms with Crippen LogP contribution in [-0.4, -0.2) is 146 Å². The molecule has 2 aromatic rings. The summed E-state index contributed by atoms with van der Waals surface area (Å²) in [4.78, 5) is 24.2. The first kappa shape index (κ1) is 28.6. The summed E-state index contributed by atoms with van der Waals surface area (Å²) in [7, 11) is 9.00. The van der Waals surface area contributed by atoms with Crippen molar-refractivity contribution in [3.63, 3.8) is 0 Å². The molecule has 3 rings (SSSR count). The second-order valence-corrected chi connectivity index (χ2v) is 10.4. The predicted octanol–water partition coefficient (Wildman–Crippen LogP) is 1.52. The van der Waals surface area contributed by atoms with Crippen LogP contribution in [0.5, 0.6) is 0 Å². The minimum absolute atomic E-state index is 0.903. The SMILES string of the molecule is CN1CCN(C)CCN(Cc2ccccn2)CCN(C)CCN(Cc2ccccn2)CCN(C)CC1. The lowest BCUT2D eigenvalue weighted by Gasteiger charge is -2.31. The topological polar surface area (TPSA) is 45.2 Å². The maximum Gasteiger partial charge on any atom is 0.0543 e. The van der Waals surface area contributed by atoms with Crippen LogP contribution < -0.4 is 0 Å². The van der Waals surface area contributed by atoms with Crippen LogP contribution in [-0.2, 0) is 13.1 Å². The second kappa shape index (κ2) is 16.0. The first-order chi connectivity index (χ1) is 17.5. The van der Waals surface area contributed by atoms with E-state index in [1.54, 1.807) is 0 Å². The molecule has 1 aliphatic rings. The predicted molar refractivity (Wildman–Crippen MR) is 149 cm³/mol. The molecule has 200 valence electrons. The van der Waals surface area contributed by atoms with Gasteiger partial charge in [-0.2, -0.15) is 0 Å². The van der Waals surface area contributed by atoms with Crippen LogP contribution in [0.2, 0.25) is 0 Å². The van der Waals surface area contributed by atoms with Crippen LogP contribution in [0.15, 0.2) is 48.8 Å². The van der Waals surface area contributed by atoms with Crippen molar-refractivity contribution in [3.05, 3.63) is 60.2 Å². The maximum atomic E-state index is 4.58. The van der Waals surface area contributed by atoms with E-state index in [1.807, 2.05) is 24.5 Å². The molecule has 0 N–H and O–H groups in total. The number of nitrogens with zero attached hydrogens (tertiary/aromatic N) is 8. The van der Waals surface area contributed by atoms with E-state index in [4.69, 9.17) is 0 Å². The molecule has 0 saturated carbocycles. The van der Waals surface area contributed by atoms with E-state index >= 15 is 0 Å². The summed E-state index contributed by atoms with van der Waals surface area (Å²) in [6.45, 7) is 14.6. The van der Waals surface area contributed by atoms with E-state index in [0.29, 0.717) is 0 Å². The van der Waals surface area contributed by atoms with Crippen molar-refractivity contribution >= 4 is 0 Å². The summed E-state index contributed by atoms with van der Waals surface area (Å²) < 4.78 is 0. The number of aromatic nitrogens is 2. The molecule has 0 atom stereocenters. The number of hydrogen-bond acceptors (Lipinski definition) is 8. The van der Waals surface area contributed by atoms with Gasteiger partial charge in [0.15, 0.2) is 0 Å². The molecule has 0 radical (unpaired) electrons. The van der Waals surface area contributed by atoms with Gasteiger partial charge in [-0.15, -0.1) is 0 Å². The average Bonchev–Trinajstić information content (AvgIpc) is 2.90. The van der Waals surface area contributed by atoms with E-state index in [-0.39, 0.29) is 0 Å². The quantitative estimate of drug-likeness (QED) is 0.632. The third-order valence-electron chi connectivity index (χ3n) is 7.14. The second-order valence-electron chi connectivity index (χ2n) is 10.4. The highest BCUT2D eigenvalue weighted by Gasteiger charge is 2.14. The van der Waals surface area contributed by atoms with E-state index < -0.39 is 0 Å². The van der Waals surface area contributed by atoms with Gasteiger partial charge in [-0.1, -0.05) is 12.1 Å². The fourth-order valence-electron chi connectivity index (χ4n) is 4.36. The van der Waals surface area contributed by atoms with Crippen LogP contribution in [0.25, 0.3) is 0 Å². The van der Waals surface area contributed by atoms with Crippen LogP contribution in [0.4, 0.5) is 0 Å². The van der Waals surface area contributed by atoms with Crippen molar-refractivity contribution in [2.45, 2.75) is 13.1 Å². The van der Waals surface area contributed by atoms with Gasteiger partial charge in [0, 0.05) is 104 Å². The molecule has 0 spiro atoms. The molecule has 36 heavy (non-hydrogen) atoms. The monoisotopic (exact) mass is 496 g/mol.